The van der Waals surface area contributed by atoms with Crippen molar-refractivity contribution in [2.45, 2.75) is 0 Å². The fourth-order valence-electron chi connectivity index (χ4n) is 1.37. The molecule has 0 unspecified atom stereocenters. The van der Waals surface area contributed by atoms with E-state index in [2.05, 4.69) is 21.2 Å². The van der Waals surface area contributed by atoms with Crippen LogP contribution >= 0.6 is 28.1 Å². The first-order chi connectivity index (χ1) is 8.15. The molecule has 86 valence electrons. The summed E-state index contributed by atoms with van der Waals surface area (Å²) >= 11 is 8.60. The van der Waals surface area contributed by atoms with Gasteiger partial charge in [0.25, 0.3) is 0 Å². The van der Waals surface area contributed by atoms with Crippen molar-refractivity contribution in [3.05, 3.63) is 64.4 Å². The Hall–Kier alpha value is -1.26. The number of anilines is 1. The predicted octanol–water partition coefficient (Wildman–Crippen LogP) is 4.38. The lowest BCUT2D eigenvalue weighted by molar-refractivity contribution is 0.628. The molecule has 0 aliphatic carbocycles. The molecule has 0 aromatic heterocycles. The average Bonchev–Trinajstić information content (AvgIpc) is 2.29. The molecule has 4 heteroatoms. The zero-order valence-corrected chi connectivity index (χ0v) is 11.2. The molecule has 0 saturated heterocycles. The summed E-state index contributed by atoms with van der Waals surface area (Å²) in [6.07, 6.45) is 0. The van der Waals surface area contributed by atoms with Gasteiger partial charge in [-0.2, -0.15) is 0 Å². The van der Waals surface area contributed by atoms with Crippen LogP contribution in [0.5, 0.6) is 0 Å². The van der Waals surface area contributed by atoms with Gasteiger partial charge in [-0.25, -0.2) is 4.39 Å². The fraction of sp³-hybridized carbons (Fsp3) is 0. The summed E-state index contributed by atoms with van der Waals surface area (Å²) in [4.78, 5) is 0.572. The van der Waals surface area contributed by atoms with E-state index < -0.39 is 0 Å². The quantitative estimate of drug-likeness (QED) is 0.826. The van der Waals surface area contributed by atoms with Crippen LogP contribution in [0, 0.1) is 5.82 Å². The first-order valence-corrected chi connectivity index (χ1v) is 6.18. The molecule has 0 atom stereocenters. The van der Waals surface area contributed by atoms with E-state index in [9.17, 15) is 4.39 Å². The number of hydrogen-bond acceptors (Lipinski definition) is 1. The van der Waals surface area contributed by atoms with E-state index in [1.807, 2.05) is 24.3 Å². The topological polar surface area (TPSA) is 12.0 Å². The van der Waals surface area contributed by atoms with Crippen molar-refractivity contribution in [3.8, 4) is 0 Å². The van der Waals surface area contributed by atoms with E-state index in [1.165, 1.54) is 12.1 Å². The first kappa shape index (κ1) is 12.2. The molecule has 1 nitrogen and oxygen atoms in total. The maximum absolute atomic E-state index is 13.0. The van der Waals surface area contributed by atoms with E-state index in [0.29, 0.717) is 10.7 Å². The van der Waals surface area contributed by atoms with Crippen LogP contribution in [0.3, 0.4) is 0 Å². The molecular formula is C13H9BrFNS. The Balaban J connectivity index is 2.14. The minimum atomic E-state index is -0.284. The molecule has 0 heterocycles. The highest BCUT2D eigenvalue weighted by Gasteiger charge is 2.02. The van der Waals surface area contributed by atoms with Crippen molar-refractivity contribution in [2.75, 3.05) is 5.32 Å². The van der Waals surface area contributed by atoms with Gasteiger partial charge in [0.05, 0.1) is 0 Å². The van der Waals surface area contributed by atoms with Gasteiger partial charge in [0.15, 0.2) is 0 Å². The third-order valence-electron chi connectivity index (χ3n) is 2.19. The second-order valence-electron chi connectivity index (χ2n) is 3.47. The number of hydrogen-bond donors (Lipinski definition) is 1. The molecule has 0 amide bonds. The van der Waals surface area contributed by atoms with Gasteiger partial charge in [-0.1, -0.05) is 46.3 Å². The molecule has 0 spiro atoms. The van der Waals surface area contributed by atoms with E-state index >= 15 is 0 Å². The van der Waals surface area contributed by atoms with E-state index in [1.54, 1.807) is 12.1 Å². The fourth-order valence-corrected chi connectivity index (χ4v) is 1.89. The Bertz CT molecular complexity index is 539. The van der Waals surface area contributed by atoms with Crippen molar-refractivity contribution in [3.63, 3.8) is 0 Å². The number of benzene rings is 2. The maximum atomic E-state index is 13.0. The Kier molecular flexibility index (Phi) is 3.86. The molecule has 1 N–H and O–H groups in total. The summed E-state index contributed by atoms with van der Waals surface area (Å²) in [6.45, 7) is 0. The predicted molar refractivity (Wildman–Crippen MR) is 75.9 cm³/mol. The van der Waals surface area contributed by atoms with Crippen LogP contribution in [0.1, 0.15) is 5.56 Å². The van der Waals surface area contributed by atoms with E-state index in [0.717, 1.165) is 10.0 Å². The summed E-state index contributed by atoms with van der Waals surface area (Å²) in [6, 6.07) is 13.8. The van der Waals surface area contributed by atoms with Crippen LogP contribution in [0.2, 0.25) is 0 Å². The van der Waals surface area contributed by atoms with Crippen LogP contribution in [0.25, 0.3) is 0 Å². The molecular weight excluding hydrogens is 301 g/mol. The van der Waals surface area contributed by atoms with Gasteiger partial charge >= 0.3 is 0 Å². The van der Waals surface area contributed by atoms with Gasteiger partial charge in [0.2, 0.25) is 0 Å². The van der Waals surface area contributed by atoms with E-state index in [-0.39, 0.29) is 5.82 Å². The van der Waals surface area contributed by atoms with Crippen molar-refractivity contribution in [1.29, 1.82) is 0 Å². The van der Waals surface area contributed by atoms with Crippen LogP contribution < -0.4 is 5.32 Å². The van der Waals surface area contributed by atoms with Crippen molar-refractivity contribution in [1.82, 2.24) is 0 Å². The Labute approximate surface area is 113 Å². The van der Waals surface area contributed by atoms with Gasteiger partial charge in [0.1, 0.15) is 10.8 Å². The summed E-state index contributed by atoms with van der Waals surface area (Å²) < 4.78 is 14.0. The number of nitrogens with one attached hydrogen (secondary N) is 1. The van der Waals surface area contributed by atoms with Crippen LogP contribution in [-0.2, 0) is 0 Å². The Morgan fingerprint density at radius 1 is 1.12 bits per heavy atom. The second-order valence-corrected chi connectivity index (χ2v) is 4.80. The van der Waals surface area contributed by atoms with E-state index in [4.69, 9.17) is 12.2 Å². The molecule has 2 rings (SSSR count). The highest BCUT2D eigenvalue weighted by molar-refractivity contribution is 9.10. The molecule has 0 aliphatic rings. The molecule has 0 radical (unpaired) electrons. The third-order valence-corrected chi connectivity index (χ3v) is 3.06. The summed E-state index contributed by atoms with van der Waals surface area (Å²) in [7, 11) is 0. The molecule has 2 aromatic carbocycles. The third kappa shape index (κ3) is 3.35. The normalized spacial score (nSPS) is 10.0. The first-order valence-electron chi connectivity index (χ1n) is 4.97. The minimum absolute atomic E-state index is 0.284. The molecule has 0 saturated carbocycles. The zero-order valence-electron chi connectivity index (χ0n) is 8.78. The molecule has 0 bridgehead atoms. The van der Waals surface area contributed by atoms with Crippen LogP contribution in [0.4, 0.5) is 10.1 Å². The SMILES string of the molecule is Fc1cccc(NC(=S)c2ccc(Br)cc2)c1. The lowest BCUT2D eigenvalue weighted by Gasteiger charge is -2.08. The van der Waals surface area contributed by atoms with Crippen LogP contribution in [-0.4, -0.2) is 4.99 Å². The second kappa shape index (κ2) is 5.38. The van der Waals surface area contributed by atoms with Crippen molar-refractivity contribution < 1.29 is 4.39 Å². The number of halogens is 2. The molecule has 17 heavy (non-hydrogen) atoms. The van der Waals surface area contributed by atoms with Gasteiger partial charge in [-0.3, -0.25) is 0 Å². The van der Waals surface area contributed by atoms with Crippen molar-refractivity contribution in [2.24, 2.45) is 0 Å². The molecule has 2 aromatic rings. The summed E-state index contributed by atoms with van der Waals surface area (Å²) in [5.74, 6) is -0.284. The summed E-state index contributed by atoms with van der Waals surface area (Å²) in [5.41, 5.74) is 1.55. The lowest BCUT2D eigenvalue weighted by atomic mass is 10.2. The van der Waals surface area contributed by atoms with Gasteiger partial charge in [0, 0.05) is 15.7 Å². The van der Waals surface area contributed by atoms with Gasteiger partial charge in [-0.05, 0) is 30.3 Å². The smallest absolute Gasteiger partial charge is 0.125 e. The summed E-state index contributed by atoms with van der Waals surface area (Å²) in [5, 5.41) is 2.99. The average molecular weight is 310 g/mol. The number of rotatable bonds is 2. The van der Waals surface area contributed by atoms with Crippen LogP contribution in [0.15, 0.2) is 53.0 Å². The monoisotopic (exact) mass is 309 g/mol. The van der Waals surface area contributed by atoms with Gasteiger partial charge < -0.3 is 5.32 Å². The zero-order chi connectivity index (χ0) is 12.3. The van der Waals surface area contributed by atoms with Gasteiger partial charge in [-0.15, -0.1) is 0 Å². The maximum Gasteiger partial charge on any atom is 0.125 e. The largest absolute Gasteiger partial charge is 0.346 e. The standard InChI is InChI=1S/C13H9BrFNS/c14-10-6-4-9(5-7-10)13(17)16-12-3-1-2-11(15)8-12/h1-8H,(H,16,17). The van der Waals surface area contributed by atoms with Crippen molar-refractivity contribution >= 4 is 38.8 Å². The molecule has 0 aliphatic heterocycles. The Morgan fingerprint density at radius 2 is 1.82 bits per heavy atom. The highest BCUT2D eigenvalue weighted by Crippen LogP contribution is 2.14. The molecule has 0 fully saturated rings. The number of thiocarbonyl (C=S) groups is 1. The Morgan fingerprint density at radius 3 is 2.47 bits per heavy atom. The highest BCUT2D eigenvalue weighted by atomic mass is 79.9. The minimum Gasteiger partial charge on any atom is -0.346 e. The lowest BCUT2D eigenvalue weighted by Crippen LogP contribution is -2.10.